The third-order valence-electron chi connectivity index (χ3n) is 2.41. The van der Waals surface area contributed by atoms with E-state index in [0.717, 1.165) is 28.2 Å². The molecule has 0 amide bonds. The highest BCUT2D eigenvalue weighted by Crippen LogP contribution is 2.24. The molecule has 0 saturated heterocycles. The average Bonchev–Trinajstić information content (AvgIpc) is 2.81. The second-order valence-electron chi connectivity index (χ2n) is 3.52. The van der Waals surface area contributed by atoms with E-state index in [0.29, 0.717) is 17.8 Å². The summed E-state index contributed by atoms with van der Waals surface area (Å²) >= 11 is 1.15. The lowest BCUT2D eigenvalue weighted by Gasteiger charge is -2.19. The largest absolute Gasteiger partial charge is 0.268 e. The number of rotatable bonds is 2. The Bertz CT molecular complexity index is 602. The maximum Gasteiger partial charge on any atom is 0.268 e. The van der Waals surface area contributed by atoms with E-state index in [2.05, 4.69) is 4.99 Å². The van der Waals surface area contributed by atoms with Crippen LogP contribution in [-0.4, -0.2) is 37.2 Å². The van der Waals surface area contributed by atoms with E-state index in [9.17, 15) is 17.2 Å². The lowest BCUT2D eigenvalue weighted by Crippen LogP contribution is -2.33. The molecule has 8 heteroatoms. The van der Waals surface area contributed by atoms with Gasteiger partial charge in [0.15, 0.2) is 5.17 Å². The number of amidine groups is 1. The molecule has 2 rings (SSSR count). The Morgan fingerprint density at radius 1 is 1.39 bits per heavy atom. The Balaban J connectivity index is 2.49. The molecule has 0 N–H and O–H groups in total. The molecule has 1 aromatic carbocycles. The van der Waals surface area contributed by atoms with Crippen LogP contribution < -0.4 is 0 Å². The fourth-order valence-corrected chi connectivity index (χ4v) is 4.03. The van der Waals surface area contributed by atoms with Gasteiger partial charge in [0, 0.05) is 0 Å². The van der Waals surface area contributed by atoms with Gasteiger partial charge in [0.05, 0.1) is 13.1 Å². The molecule has 98 valence electrons. The van der Waals surface area contributed by atoms with Crippen molar-refractivity contribution in [1.29, 1.82) is 0 Å². The number of nitrogens with zero attached hydrogens (tertiary/aromatic N) is 2. The minimum absolute atomic E-state index is 0.147. The highest BCUT2D eigenvalue weighted by molar-refractivity contribution is 8.14. The smallest absolute Gasteiger partial charge is 0.260 e. The van der Waals surface area contributed by atoms with Crippen molar-refractivity contribution in [3.05, 3.63) is 29.8 Å². The molecule has 0 atom stereocenters. The van der Waals surface area contributed by atoms with E-state index in [4.69, 9.17) is 0 Å². The number of hydrogen-bond acceptors (Lipinski definition) is 4. The normalized spacial score (nSPS) is 15.9. The minimum Gasteiger partial charge on any atom is -0.260 e. The predicted molar refractivity (Wildman–Crippen MR) is 66.1 cm³/mol. The highest BCUT2D eigenvalue weighted by atomic mass is 32.2. The van der Waals surface area contributed by atoms with E-state index >= 15 is 0 Å². The van der Waals surface area contributed by atoms with Crippen molar-refractivity contribution in [3.8, 4) is 0 Å². The molecule has 1 aliphatic rings. The van der Waals surface area contributed by atoms with Crippen LogP contribution in [0.4, 0.5) is 8.78 Å². The summed E-state index contributed by atoms with van der Waals surface area (Å²) in [6.45, 7) is 0.473. The van der Waals surface area contributed by atoms with E-state index in [1.165, 1.54) is 0 Å². The molecule has 0 spiro atoms. The zero-order chi connectivity index (χ0) is 13.3. The molecule has 0 fully saturated rings. The highest BCUT2D eigenvalue weighted by Gasteiger charge is 2.32. The number of aliphatic imine (C=N–C) groups is 1. The van der Waals surface area contributed by atoms with Gasteiger partial charge in [-0.3, -0.25) is 4.99 Å². The Morgan fingerprint density at radius 3 is 2.78 bits per heavy atom. The van der Waals surface area contributed by atoms with Gasteiger partial charge < -0.3 is 0 Å². The number of sulfonamides is 1. The maximum absolute atomic E-state index is 13.5. The van der Waals surface area contributed by atoms with Crippen molar-refractivity contribution in [2.24, 2.45) is 4.99 Å². The number of hydrogen-bond donors (Lipinski definition) is 0. The van der Waals surface area contributed by atoms with Gasteiger partial charge in [-0.1, -0.05) is 11.8 Å². The van der Waals surface area contributed by atoms with E-state index in [-0.39, 0.29) is 6.54 Å². The fourth-order valence-electron chi connectivity index (χ4n) is 1.59. The summed E-state index contributed by atoms with van der Waals surface area (Å²) in [5.41, 5.74) is 0. The summed E-state index contributed by atoms with van der Waals surface area (Å²) in [6.07, 6.45) is 1.68. The van der Waals surface area contributed by atoms with Crippen LogP contribution in [0.5, 0.6) is 0 Å². The van der Waals surface area contributed by atoms with Crippen LogP contribution in [0.2, 0.25) is 0 Å². The standard InChI is InChI=1S/C10H10F2N2O2S2/c1-17-10-13-4-5-14(10)18(15,16)9-6-7(11)2-3-8(9)12/h2-3,6H,4-5H2,1H3. The summed E-state index contributed by atoms with van der Waals surface area (Å²) in [4.78, 5) is 3.33. The summed E-state index contributed by atoms with van der Waals surface area (Å²) in [6, 6.07) is 2.36. The Labute approximate surface area is 108 Å². The Hall–Kier alpha value is -1.15. The molecule has 0 aliphatic carbocycles. The predicted octanol–water partition coefficient (Wildman–Crippen LogP) is 1.69. The second-order valence-corrected chi connectivity index (χ2v) is 6.12. The summed E-state index contributed by atoms with van der Waals surface area (Å²) in [5.74, 6) is -1.76. The maximum atomic E-state index is 13.5. The third kappa shape index (κ3) is 2.22. The molecule has 0 radical (unpaired) electrons. The van der Waals surface area contributed by atoms with Crippen molar-refractivity contribution in [3.63, 3.8) is 0 Å². The van der Waals surface area contributed by atoms with E-state index < -0.39 is 26.6 Å². The average molecular weight is 292 g/mol. The topological polar surface area (TPSA) is 49.7 Å². The van der Waals surface area contributed by atoms with Gasteiger partial charge in [-0.2, -0.15) is 0 Å². The summed E-state index contributed by atoms with van der Waals surface area (Å²) in [5, 5.41) is 0.290. The number of benzene rings is 1. The molecular weight excluding hydrogens is 282 g/mol. The lowest BCUT2D eigenvalue weighted by molar-refractivity contribution is 0.519. The zero-order valence-electron chi connectivity index (χ0n) is 9.43. The molecule has 1 aromatic rings. The summed E-state index contributed by atoms with van der Waals surface area (Å²) in [7, 11) is -4.09. The van der Waals surface area contributed by atoms with Crippen molar-refractivity contribution in [1.82, 2.24) is 4.31 Å². The first-order chi connectivity index (χ1) is 8.46. The van der Waals surface area contributed by atoms with E-state index in [1.807, 2.05) is 0 Å². The third-order valence-corrected chi connectivity index (χ3v) is 5.04. The molecule has 0 unspecified atom stereocenters. The molecule has 0 aromatic heterocycles. The van der Waals surface area contributed by atoms with Crippen LogP contribution in [0.1, 0.15) is 0 Å². The quantitative estimate of drug-likeness (QED) is 0.833. The first kappa shape index (κ1) is 13.3. The van der Waals surface area contributed by atoms with Crippen LogP contribution in [0.15, 0.2) is 28.1 Å². The van der Waals surface area contributed by atoms with Gasteiger partial charge >= 0.3 is 0 Å². The second kappa shape index (κ2) is 4.85. The molecular formula is C10H10F2N2O2S2. The number of halogens is 2. The Kier molecular flexibility index (Phi) is 3.58. The van der Waals surface area contributed by atoms with Gasteiger partial charge in [0.1, 0.15) is 16.5 Å². The monoisotopic (exact) mass is 292 g/mol. The Morgan fingerprint density at radius 2 is 2.11 bits per heavy atom. The van der Waals surface area contributed by atoms with Crippen molar-refractivity contribution < 1.29 is 17.2 Å². The van der Waals surface area contributed by atoms with E-state index in [1.54, 1.807) is 6.26 Å². The minimum atomic E-state index is -4.09. The molecule has 0 saturated carbocycles. The van der Waals surface area contributed by atoms with Crippen molar-refractivity contribution >= 4 is 27.0 Å². The molecule has 4 nitrogen and oxygen atoms in total. The SMILES string of the molecule is CSC1=NCCN1S(=O)(=O)c1cc(F)ccc1F. The fraction of sp³-hybridized carbons (Fsp3) is 0.300. The van der Waals surface area contributed by atoms with Crippen LogP contribution in [0.25, 0.3) is 0 Å². The van der Waals surface area contributed by atoms with Crippen LogP contribution in [0, 0.1) is 11.6 Å². The molecule has 1 aliphatic heterocycles. The summed E-state index contributed by atoms with van der Waals surface area (Å²) < 4.78 is 52.0. The first-order valence-corrected chi connectivity index (χ1v) is 7.69. The molecule has 18 heavy (non-hydrogen) atoms. The number of thioether (sulfide) groups is 1. The molecule has 0 bridgehead atoms. The van der Waals surface area contributed by atoms with Gasteiger partial charge in [-0.25, -0.2) is 21.5 Å². The van der Waals surface area contributed by atoms with Crippen molar-refractivity contribution in [2.45, 2.75) is 4.90 Å². The van der Waals surface area contributed by atoms with Crippen LogP contribution in [0.3, 0.4) is 0 Å². The molecule has 1 heterocycles. The van der Waals surface area contributed by atoms with Crippen LogP contribution in [-0.2, 0) is 10.0 Å². The van der Waals surface area contributed by atoms with Gasteiger partial charge in [-0.05, 0) is 24.5 Å². The van der Waals surface area contributed by atoms with Crippen LogP contribution >= 0.6 is 11.8 Å². The lowest BCUT2D eigenvalue weighted by atomic mass is 10.3. The first-order valence-electron chi connectivity index (χ1n) is 5.03. The zero-order valence-corrected chi connectivity index (χ0v) is 11.1. The van der Waals surface area contributed by atoms with Crippen molar-refractivity contribution in [2.75, 3.05) is 19.3 Å². The van der Waals surface area contributed by atoms with Gasteiger partial charge in [-0.15, -0.1) is 0 Å². The van der Waals surface area contributed by atoms with Gasteiger partial charge in [0.25, 0.3) is 10.0 Å². The van der Waals surface area contributed by atoms with Gasteiger partial charge in [0.2, 0.25) is 0 Å².